The van der Waals surface area contributed by atoms with Gasteiger partial charge in [0.2, 0.25) is 0 Å². The molecule has 1 aromatic rings. The number of halogens is 2. The molecular formula is C9H8Br2O2. The molecule has 4 heteroatoms. The summed E-state index contributed by atoms with van der Waals surface area (Å²) in [6, 6.07) is 5.33. The average molecular weight is 308 g/mol. The lowest BCUT2D eigenvalue weighted by Gasteiger charge is -2.04. The predicted octanol–water partition coefficient (Wildman–Crippen LogP) is 3.17. The van der Waals surface area contributed by atoms with Gasteiger partial charge in [-0.3, -0.25) is 0 Å². The minimum absolute atomic E-state index is 0.363. The normalized spacial score (nSPS) is 10.0. The number of aromatic carboxylic acids is 1. The fourth-order valence-corrected chi connectivity index (χ4v) is 1.86. The first-order chi connectivity index (χ1) is 6.19. The summed E-state index contributed by atoms with van der Waals surface area (Å²) in [6.07, 6.45) is 0. The smallest absolute Gasteiger partial charge is 0.335 e. The molecule has 1 rings (SSSR count). The van der Waals surface area contributed by atoms with E-state index in [1.54, 1.807) is 6.07 Å². The summed E-state index contributed by atoms with van der Waals surface area (Å²) in [5.41, 5.74) is 2.26. The van der Waals surface area contributed by atoms with Crippen LogP contribution in [0, 0.1) is 0 Å². The van der Waals surface area contributed by atoms with E-state index in [2.05, 4.69) is 31.9 Å². The van der Waals surface area contributed by atoms with Gasteiger partial charge in [0.25, 0.3) is 0 Å². The van der Waals surface area contributed by atoms with E-state index in [1.807, 2.05) is 12.1 Å². The van der Waals surface area contributed by atoms with Crippen LogP contribution in [0.5, 0.6) is 0 Å². The number of rotatable bonds is 3. The van der Waals surface area contributed by atoms with Crippen molar-refractivity contribution in [1.29, 1.82) is 0 Å². The SMILES string of the molecule is O=C(O)c1ccc(CBr)cc1CBr. The molecule has 0 aliphatic heterocycles. The molecule has 13 heavy (non-hydrogen) atoms. The Bertz CT molecular complexity index is 323. The van der Waals surface area contributed by atoms with Gasteiger partial charge in [0, 0.05) is 10.7 Å². The summed E-state index contributed by atoms with van der Waals surface area (Å²) in [4.78, 5) is 10.7. The largest absolute Gasteiger partial charge is 0.478 e. The van der Waals surface area contributed by atoms with Crippen molar-refractivity contribution in [2.24, 2.45) is 0 Å². The zero-order chi connectivity index (χ0) is 9.84. The summed E-state index contributed by atoms with van der Waals surface area (Å²) in [6.45, 7) is 0. The summed E-state index contributed by atoms with van der Waals surface area (Å²) < 4.78 is 0. The van der Waals surface area contributed by atoms with Crippen LogP contribution in [0.1, 0.15) is 21.5 Å². The predicted molar refractivity (Wildman–Crippen MR) is 58.7 cm³/mol. The second kappa shape index (κ2) is 4.77. The Hall–Kier alpha value is -0.350. The first kappa shape index (κ1) is 10.7. The second-order valence-corrected chi connectivity index (χ2v) is 3.69. The van der Waals surface area contributed by atoms with Crippen LogP contribution in [0.4, 0.5) is 0 Å². The molecule has 0 heterocycles. The summed E-state index contributed by atoms with van der Waals surface area (Å²) in [5.74, 6) is -0.879. The summed E-state index contributed by atoms with van der Waals surface area (Å²) in [7, 11) is 0. The Kier molecular flexibility index (Phi) is 3.93. The van der Waals surface area contributed by atoms with Crippen molar-refractivity contribution >= 4 is 37.8 Å². The Morgan fingerprint density at radius 1 is 1.31 bits per heavy atom. The van der Waals surface area contributed by atoms with Crippen molar-refractivity contribution in [3.05, 3.63) is 34.9 Å². The number of carboxylic acid groups (broad SMARTS) is 1. The van der Waals surface area contributed by atoms with Gasteiger partial charge in [-0.25, -0.2) is 4.79 Å². The van der Waals surface area contributed by atoms with Crippen molar-refractivity contribution in [3.8, 4) is 0 Å². The molecule has 1 aromatic carbocycles. The lowest BCUT2D eigenvalue weighted by Crippen LogP contribution is -2.01. The van der Waals surface area contributed by atoms with Gasteiger partial charge in [0.05, 0.1) is 5.56 Å². The zero-order valence-electron chi connectivity index (χ0n) is 6.76. The topological polar surface area (TPSA) is 37.3 Å². The molecule has 0 saturated heterocycles. The Morgan fingerprint density at radius 3 is 2.46 bits per heavy atom. The standard InChI is InChI=1S/C9H8Br2O2/c10-4-6-1-2-8(9(12)13)7(3-6)5-11/h1-3H,4-5H2,(H,12,13). The van der Waals surface area contributed by atoms with Gasteiger partial charge in [-0.1, -0.05) is 44.0 Å². The molecule has 0 bridgehead atoms. The molecule has 0 amide bonds. The quantitative estimate of drug-likeness (QED) is 0.871. The second-order valence-electron chi connectivity index (χ2n) is 2.56. The van der Waals surface area contributed by atoms with Crippen LogP contribution < -0.4 is 0 Å². The summed E-state index contributed by atoms with van der Waals surface area (Å²) >= 11 is 6.58. The molecule has 0 aromatic heterocycles. The molecule has 0 radical (unpaired) electrons. The van der Waals surface area contributed by atoms with Crippen LogP contribution in [-0.4, -0.2) is 11.1 Å². The van der Waals surface area contributed by atoms with Gasteiger partial charge < -0.3 is 5.11 Å². The number of carboxylic acids is 1. The fraction of sp³-hybridized carbons (Fsp3) is 0.222. The fourth-order valence-electron chi connectivity index (χ4n) is 1.05. The lowest BCUT2D eigenvalue weighted by molar-refractivity contribution is 0.0696. The maximum Gasteiger partial charge on any atom is 0.335 e. The number of carbonyl (C=O) groups is 1. The van der Waals surface area contributed by atoms with E-state index in [0.717, 1.165) is 16.5 Å². The molecule has 0 aliphatic rings. The van der Waals surface area contributed by atoms with Crippen molar-refractivity contribution in [2.75, 3.05) is 0 Å². The third kappa shape index (κ3) is 2.54. The first-order valence-corrected chi connectivity index (χ1v) is 5.90. The summed E-state index contributed by atoms with van der Waals surface area (Å²) in [5, 5.41) is 10.1. The molecule has 1 N–H and O–H groups in total. The molecule has 70 valence electrons. The molecule has 0 saturated carbocycles. The van der Waals surface area contributed by atoms with Gasteiger partial charge in [-0.05, 0) is 17.2 Å². The molecule has 0 spiro atoms. The van der Waals surface area contributed by atoms with Crippen molar-refractivity contribution < 1.29 is 9.90 Å². The highest BCUT2D eigenvalue weighted by molar-refractivity contribution is 9.08. The van der Waals surface area contributed by atoms with E-state index in [-0.39, 0.29) is 0 Å². The first-order valence-electron chi connectivity index (χ1n) is 3.66. The van der Waals surface area contributed by atoms with Crippen LogP contribution >= 0.6 is 31.9 Å². The third-order valence-corrected chi connectivity index (χ3v) is 2.95. The minimum atomic E-state index is -0.879. The third-order valence-electron chi connectivity index (χ3n) is 1.70. The maximum atomic E-state index is 10.7. The van der Waals surface area contributed by atoms with Crippen molar-refractivity contribution in [3.63, 3.8) is 0 Å². The molecule has 2 nitrogen and oxygen atoms in total. The van der Waals surface area contributed by atoms with E-state index >= 15 is 0 Å². The van der Waals surface area contributed by atoms with Crippen molar-refractivity contribution in [2.45, 2.75) is 10.7 Å². The number of hydrogen-bond donors (Lipinski definition) is 1. The Labute approximate surface area is 93.2 Å². The Morgan fingerprint density at radius 2 is 2.00 bits per heavy atom. The van der Waals surface area contributed by atoms with Crippen LogP contribution in [-0.2, 0) is 10.7 Å². The van der Waals surface area contributed by atoms with Gasteiger partial charge in [0.15, 0.2) is 0 Å². The number of benzene rings is 1. The highest BCUT2D eigenvalue weighted by Crippen LogP contribution is 2.17. The zero-order valence-corrected chi connectivity index (χ0v) is 9.93. The van der Waals surface area contributed by atoms with Crippen LogP contribution in [0.25, 0.3) is 0 Å². The van der Waals surface area contributed by atoms with Crippen LogP contribution in [0.15, 0.2) is 18.2 Å². The van der Waals surface area contributed by atoms with Crippen molar-refractivity contribution in [1.82, 2.24) is 0 Å². The van der Waals surface area contributed by atoms with Gasteiger partial charge in [0.1, 0.15) is 0 Å². The van der Waals surface area contributed by atoms with E-state index in [4.69, 9.17) is 5.11 Å². The van der Waals surface area contributed by atoms with E-state index < -0.39 is 5.97 Å². The van der Waals surface area contributed by atoms with Crippen LogP contribution in [0.3, 0.4) is 0 Å². The van der Waals surface area contributed by atoms with Gasteiger partial charge in [-0.2, -0.15) is 0 Å². The average Bonchev–Trinajstić information content (AvgIpc) is 2.16. The molecule has 0 fully saturated rings. The van der Waals surface area contributed by atoms with Crippen LogP contribution in [0.2, 0.25) is 0 Å². The maximum absolute atomic E-state index is 10.7. The van der Waals surface area contributed by atoms with Gasteiger partial charge in [-0.15, -0.1) is 0 Å². The van der Waals surface area contributed by atoms with E-state index in [9.17, 15) is 4.79 Å². The lowest BCUT2D eigenvalue weighted by atomic mass is 10.1. The molecule has 0 unspecified atom stereocenters. The van der Waals surface area contributed by atoms with E-state index in [1.165, 1.54) is 0 Å². The number of alkyl halides is 2. The van der Waals surface area contributed by atoms with Gasteiger partial charge >= 0.3 is 5.97 Å². The highest BCUT2D eigenvalue weighted by atomic mass is 79.9. The number of hydrogen-bond acceptors (Lipinski definition) is 1. The highest BCUT2D eigenvalue weighted by Gasteiger charge is 2.08. The molecular weight excluding hydrogens is 300 g/mol. The monoisotopic (exact) mass is 306 g/mol. The molecule has 0 aliphatic carbocycles. The Balaban J connectivity index is 3.15. The molecule has 0 atom stereocenters. The minimum Gasteiger partial charge on any atom is -0.478 e. The van der Waals surface area contributed by atoms with E-state index in [0.29, 0.717) is 10.9 Å².